The summed E-state index contributed by atoms with van der Waals surface area (Å²) < 4.78 is 0. The summed E-state index contributed by atoms with van der Waals surface area (Å²) in [6.45, 7) is 2.47. The molecule has 1 aliphatic heterocycles. The van der Waals surface area contributed by atoms with E-state index in [9.17, 15) is 5.11 Å². The predicted molar refractivity (Wildman–Crippen MR) is 80.7 cm³/mol. The minimum atomic E-state index is -0.173. The second-order valence-electron chi connectivity index (χ2n) is 6.00. The summed E-state index contributed by atoms with van der Waals surface area (Å²) >= 11 is 0. The van der Waals surface area contributed by atoms with E-state index in [4.69, 9.17) is 11.0 Å². The molecule has 0 aromatic carbocycles. The van der Waals surface area contributed by atoms with Gasteiger partial charge in [-0.1, -0.05) is 0 Å². The topological polar surface area (TPSA) is 102 Å². The van der Waals surface area contributed by atoms with E-state index in [1.807, 2.05) is 25.1 Å². The van der Waals surface area contributed by atoms with Gasteiger partial charge in [-0.25, -0.2) is 4.98 Å². The van der Waals surface area contributed by atoms with Crippen molar-refractivity contribution in [3.05, 3.63) is 11.8 Å². The highest BCUT2D eigenvalue weighted by Crippen LogP contribution is 2.32. The van der Waals surface area contributed by atoms with Gasteiger partial charge < -0.3 is 20.6 Å². The molecule has 1 aromatic rings. The Morgan fingerprint density at radius 2 is 2.33 bits per heavy atom. The minimum absolute atomic E-state index is 0.132. The van der Waals surface area contributed by atoms with Gasteiger partial charge >= 0.3 is 0 Å². The SMILES string of the molecule is CN(C)C[C@]1(CO)CCCN(c2ncc(C#N)c(N)n2)C1. The average Bonchev–Trinajstić information content (AvgIpc) is 2.46. The van der Waals surface area contributed by atoms with E-state index >= 15 is 0 Å². The van der Waals surface area contributed by atoms with Crippen LogP contribution in [0.15, 0.2) is 6.20 Å². The van der Waals surface area contributed by atoms with Gasteiger partial charge in [0.05, 0.1) is 12.8 Å². The Balaban J connectivity index is 2.21. The maximum Gasteiger partial charge on any atom is 0.227 e. The van der Waals surface area contributed by atoms with E-state index in [-0.39, 0.29) is 23.4 Å². The van der Waals surface area contributed by atoms with Gasteiger partial charge in [0.1, 0.15) is 17.5 Å². The number of nitrogens with two attached hydrogens (primary N) is 1. The van der Waals surface area contributed by atoms with E-state index in [0.29, 0.717) is 12.5 Å². The zero-order chi connectivity index (χ0) is 15.5. The molecule has 0 saturated carbocycles. The Hall–Kier alpha value is -1.91. The smallest absolute Gasteiger partial charge is 0.227 e. The Labute approximate surface area is 125 Å². The molecule has 1 fully saturated rings. The number of anilines is 2. The number of hydrogen-bond acceptors (Lipinski definition) is 7. The summed E-state index contributed by atoms with van der Waals surface area (Å²) in [5.41, 5.74) is 5.88. The van der Waals surface area contributed by atoms with Crippen molar-refractivity contribution < 1.29 is 5.11 Å². The van der Waals surface area contributed by atoms with Crippen LogP contribution >= 0.6 is 0 Å². The lowest BCUT2D eigenvalue weighted by Crippen LogP contribution is -2.50. The molecule has 0 spiro atoms. The lowest BCUT2D eigenvalue weighted by atomic mass is 9.80. The molecule has 1 atom stereocenters. The molecule has 0 aliphatic carbocycles. The molecule has 0 amide bonds. The molecule has 2 rings (SSSR count). The molecule has 0 radical (unpaired) electrons. The molecule has 0 bridgehead atoms. The van der Waals surface area contributed by atoms with Crippen molar-refractivity contribution in [1.29, 1.82) is 5.26 Å². The van der Waals surface area contributed by atoms with Crippen LogP contribution < -0.4 is 10.6 Å². The van der Waals surface area contributed by atoms with Gasteiger partial charge in [-0.15, -0.1) is 0 Å². The third-order valence-electron chi connectivity index (χ3n) is 3.86. The molecule has 3 N–H and O–H groups in total. The summed E-state index contributed by atoms with van der Waals surface area (Å²) in [5, 5.41) is 18.7. The number of piperidine rings is 1. The van der Waals surface area contributed by atoms with Crippen LogP contribution in [0.3, 0.4) is 0 Å². The van der Waals surface area contributed by atoms with E-state index < -0.39 is 0 Å². The van der Waals surface area contributed by atoms with Crippen LogP contribution in [0.4, 0.5) is 11.8 Å². The number of aliphatic hydroxyl groups is 1. The third kappa shape index (κ3) is 3.40. The Kier molecular flexibility index (Phi) is 4.60. The van der Waals surface area contributed by atoms with Crippen LogP contribution in [0.25, 0.3) is 0 Å². The molecule has 7 heteroatoms. The first kappa shape index (κ1) is 15.5. The highest BCUT2D eigenvalue weighted by molar-refractivity contribution is 5.50. The maximum absolute atomic E-state index is 9.83. The number of nitriles is 1. The Bertz CT molecular complexity index is 541. The molecular weight excluding hydrogens is 268 g/mol. The van der Waals surface area contributed by atoms with Gasteiger partial charge in [0.2, 0.25) is 5.95 Å². The molecule has 1 saturated heterocycles. The number of nitrogen functional groups attached to an aromatic ring is 1. The average molecular weight is 290 g/mol. The second-order valence-corrected chi connectivity index (χ2v) is 6.00. The lowest BCUT2D eigenvalue weighted by molar-refractivity contribution is 0.0758. The highest BCUT2D eigenvalue weighted by atomic mass is 16.3. The zero-order valence-corrected chi connectivity index (χ0v) is 12.6. The summed E-state index contributed by atoms with van der Waals surface area (Å²) in [7, 11) is 4.01. The van der Waals surface area contributed by atoms with Crippen molar-refractivity contribution in [2.24, 2.45) is 5.41 Å². The number of aromatic nitrogens is 2. The summed E-state index contributed by atoms with van der Waals surface area (Å²) in [6, 6.07) is 1.96. The van der Waals surface area contributed by atoms with E-state index in [1.54, 1.807) is 0 Å². The van der Waals surface area contributed by atoms with E-state index in [1.165, 1.54) is 6.20 Å². The van der Waals surface area contributed by atoms with Gasteiger partial charge in [0, 0.05) is 25.0 Å². The fourth-order valence-corrected chi connectivity index (χ4v) is 2.98. The zero-order valence-electron chi connectivity index (χ0n) is 12.6. The highest BCUT2D eigenvalue weighted by Gasteiger charge is 2.36. The quantitative estimate of drug-likeness (QED) is 0.809. The van der Waals surface area contributed by atoms with Gasteiger partial charge in [0.15, 0.2) is 0 Å². The van der Waals surface area contributed by atoms with Crippen molar-refractivity contribution in [2.45, 2.75) is 12.8 Å². The number of aliphatic hydroxyl groups excluding tert-OH is 1. The summed E-state index contributed by atoms with van der Waals surface area (Å²) in [5.74, 6) is 0.734. The van der Waals surface area contributed by atoms with E-state index in [0.717, 1.165) is 25.9 Å². The lowest BCUT2D eigenvalue weighted by Gasteiger charge is -2.43. The standard InChI is InChI=1S/C14H22N6O/c1-19(2)8-14(10-21)4-3-5-20(9-14)13-17-7-11(6-15)12(16)18-13/h7,21H,3-5,8-10H2,1-2H3,(H2,16,17,18)/t14-/m1/s1. The molecule has 1 aliphatic rings. The first-order valence-electron chi connectivity index (χ1n) is 7.03. The van der Waals surface area contributed by atoms with Gasteiger partial charge in [-0.05, 0) is 26.9 Å². The largest absolute Gasteiger partial charge is 0.396 e. The fourth-order valence-electron chi connectivity index (χ4n) is 2.98. The Morgan fingerprint density at radius 1 is 1.57 bits per heavy atom. The molecule has 2 heterocycles. The van der Waals surface area contributed by atoms with Crippen LogP contribution in [-0.2, 0) is 0 Å². The van der Waals surface area contributed by atoms with Gasteiger partial charge in [-0.2, -0.15) is 10.2 Å². The van der Waals surface area contributed by atoms with Crippen molar-refractivity contribution in [2.75, 3.05) is 51.0 Å². The summed E-state index contributed by atoms with van der Waals surface area (Å²) in [6.07, 6.45) is 3.40. The summed E-state index contributed by atoms with van der Waals surface area (Å²) in [4.78, 5) is 12.6. The van der Waals surface area contributed by atoms with Crippen LogP contribution in [0, 0.1) is 16.7 Å². The number of hydrogen-bond donors (Lipinski definition) is 2. The van der Waals surface area contributed by atoms with Crippen molar-refractivity contribution >= 4 is 11.8 Å². The fraction of sp³-hybridized carbons (Fsp3) is 0.643. The molecule has 0 unspecified atom stereocenters. The van der Waals surface area contributed by atoms with Crippen LogP contribution in [0.1, 0.15) is 18.4 Å². The minimum Gasteiger partial charge on any atom is -0.396 e. The number of rotatable bonds is 4. The first-order valence-corrected chi connectivity index (χ1v) is 7.03. The van der Waals surface area contributed by atoms with E-state index in [2.05, 4.69) is 14.9 Å². The first-order chi connectivity index (χ1) is 9.99. The predicted octanol–water partition coefficient (Wildman–Crippen LogP) is 0.0710. The molecule has 1 aromatic heterocycles. The number of nitrogens with zero attached hydrogens (tertiary/aromatic N) is 5. The third-order valence-corrected chi connectivity index (χ3v) is 3.86. The normalized spacial score (nSPS) is 22.3. The van der Waals surface area contributed by atoms with Crippen molar-refractivity contribution in [3.63, 3.8) is 0 Å². The van der Waals surface area contributed by atoms with Crippen LogP contribution in [0.2, 0.25) is 0 Å². The van der Waals surface area contributed by atoms with Crippen molar-refractivity contribution in [3.8, 4) is 6.07 Å². The molecule has 21 heavy (non-hydrogen) atoms. The van der Waals surface area contributed by atoms with Gasteiger partial charge in [0.25, 0.3) is 0 Å². The van der Waals surface area contributed by atoms with Crippen LogP contribution in [0.5, 0.6) is 0 Å². The molecular formula is C14H22N6O. The van der Waals surface area contributed by atoms with Crippen molar-refractivity contribution in [1.82, 2.24) is 14.9 Å². The molecule has 7 nitrogen and oxygen atoms in total. The second kappa shape index (κ2) is 6.24. The monoisotopic (exact) mass is 290 g/mol. The Morgan fingerprint density at radius 3 is 2.90 bits per heavy atom. The maximum atomic E-state index is 9.83. The molecule has 114 valence electrons. The van der Waals surface area contributed by atoms with Crippen LogP contribution in [-0.4, -0.2) is 60.3 Å². The van der Waals surface area contributed by atoms with Gasteiger partial charge in [-0.3, -0.25) is 0 Å².